The van der Waals surface area contributed by atoms with Crippen molar-refractivity contribution in [3.63, 3.8) is 0 Å². The fourth-order valence-electron chi connectivity index (χ4n) is 6.11. The van der Waals surface area contributed by atoms with Crippen LogP contribution >= 0.6 is 0 Å². The third kappa shape index (κ3) is 3.89. The maximum atomic E-state index is 13.8. The first kappa shape index (κ1) is 21.4. The molecular formula is C25H36N2O3. The van der Waals surface area contributed by atoms with Crippen LogP contribution in [0.25, 0.3) is 0 Å². The first-order valence-electron chi connectivity index (χ1n) is 12.0. The molecule has 0 saturated heterocycles. The van der Waals surface area contributed by atoms with Crippen molar-refractivity contribution >= 4 is 11.8 Å². The molecule has 0 radical (unpaired) electrons. The third-order valence-corrected chi connectivity index (χ3v) is 7.38. The third-order valence-electron chi connectivity index (χ3n) is 7.38. The lowest BCUT2D eigenvalue weighted by molar-refractivity contribution is -0.128. The quantitative estimate of drug-likeness (QED) is 0.675. The van der Waals surface area contributed by atoms with Crippen molar-refractivity contribution < 1.29 is 14.3 Å². The van der Waals surface area contributed by atoms with Gasteiger partial charge in [0.2, 0.25) is 5.91 Å². The van der Waals surface area contributed by atoms with E-state index in [4.69, 9.17) is 4.74 Å². The molecule has 1 aliphatic heterocycles. The number of amides is 2. The fourth-order valence-corrected chi connectivity index (χ4v) is 6.11. The zero-order chi connectivity index (χ0) is 21.0. The Morgan fingerprint density at radius 2 is 1.87 bits per heavy atom. The summed E-state index contributed by atoms with van der Waals surface area (Å²) in [5.41, 5.74) is 1.29. The number of ether oxygens (including phenoxy) is 1. The van der Waals surface area contributed by atoms with Gasteiger partial charge in [0, 0.05) is 31.4 Å². The Balaban J connectivity index is 1.69. The number of fused-ring (bicyclic) bond motifs is 1. The second-order valence-corrected chi connectivity index (χ2v) is 9.14. The monoisotopic (exact) mass is 412 g/mol. The Kier molecular flexibility index (Phi) is 6.77. The van der Waals surface area contributed by atoms with Crippen LogP contribution < -0.4 is 5.32 Å². The van der Waals surface area contributed by atoms with E-state index in [-0.39, 0.29) is 29.3 Å². The van der Waals surface area contributed by atoms with Crippen molar-refractivity contribution in [2.75, 3.05) is 19.8 Å². The lowest BCUT2D eigenvalue weighted by Gasteiger charge is -2.56. The highest BCUT2D eigenvalue weighted by molar-refractivity contribution is 6.02. The predicted molar refractivity (Wildman–Crippen MR) is 118 cm³/mol. The van der Waals surface area contributed by atoms with E-state index in [1.807, 2.05) is 31.2 Å². The van der Waals surface area contributed by atoms with Crippen LogP contribution in [0.3, 0.4) is 0 Å². The minimum Gasteiger partial charge on any atom is -0.382 e. The van der Waals surface area contributed by atoms with E-state index in [9.17, 15) is 9.59 Å². The van der Waals surface area contributed by atoms with Gasteiger partial charge in [-0.25, -0.2) is 0 Å². The SMILES string of the molecule is CCOCCCNC(=O)C1c2ccccc2C(=O)N(C2CCCC2)C12CCCCC2. The largest absolute Gasteiger partial charge is 0.382 e. The van der Waals surface area contributed by atoms with Gasteiger partial charge in [0.25, 0.3) is 5.91 Å². The molecule has 3 aliphatic rings. The molecule has 2 aliphatic carbocycles. The van der Waals surface area contributed by atoms with Crippen molar-refractivity contribution in [1.29, 1.82) is 0 Å². The summed E-state index contributed by atoms with van der Waals surface area (Å²) in [4.78, 5) is 29.6. The molecule has 0 bridgehead atoms. The standard InChI is InChI=1S/C25H36N2O3/c1-2-30-18-10-17-26-23(28)22-20-13-6-7-14-21(20)24(29)27(19-11-4-5-12-19)25(22)15-8-3-9-16-25/h6-7,13-14,19,22H,2-5,8-12,15-18H2,1H3,(H,26,28). The molecule has 2 fully saturated rings. The van der Waals surface area contributed by atoms with Gasteiger partial charge in [0.1, 0.15) is 0 Å². The maximum Gasteiger partial charge on any atom is 0.254 e. The lowest BCUT2D eigenvalue weighted by Crippen LogP contribution is -2.65. The molecular weight excluding hydrogens is 376 g/mol. The van der Waals surface area contributed by atoms with E-state index in [1.54, 1.807) is 0 Å². The smallest absolute Gasteiger partial charge is 0.254 e. The van der Waals surface area contributed by atoms with Crippen molar-refractivity contribution in [3.8, 4) is 0 Å². The number of nitrogens with one attached hydrogen (secondary N) is 1. The lowest BCUT2D eigenvalue weighted by atomic mass is 9.64. The van der Waals surface area contributed by atoms with Gasteiger partial charge in [-0.3, -0.25) is 9.59 Å². The van der Waals surface area contributed by atoms with Crippen LogP contribution in [0.5, 0.6) is 0 Å². The van der Waals surface area contributed by atoms with Gasteiger partial charge in [-0.2, -0.15) is 0 Å². The number of nitrogens with zero attached hydrogens (tertiary/aromatic N) is 1. The summed E-state index contributed by atoms with van der Waals surface area (Å²) in [5, 5.41) is 3.19. The number of hydrogen-bond acceptors (Lipinski definition) is 3. The Morgan fingerprint density at radius 1 is 1.13 bits per heavy atom. The minimum atomic E-state index is -0.372. The number of carbonyl (C=O) groups is 2. The van der Waals surface area contributed by atoms with Crippen LogP contribution in [0.4, 0.5) is 0 Å². The van der Waals surface area contributed by atoms with Crippen LogP contribution in [-0.2, 0) is 9.53 Å². The molecule has 1 N–H and O–H groups in total. The van der Waals surface area contributed by atoms with Gasteiger partial charge in [-0.05, 0) is 50.7 Å². The molecule has 1 aromatic carbocycles. The molecule has 4 rings (SSSR count). The Labute approximate surface area is 180 Å². The summed E-state index contributed by atoms with van der Waals surface area (Å²) in [6.45, 7) is 3.96. The summed E-state index contributed by atoms with van der Waals surface area (Å²) < 4.78 is 5.42. The predicted octanol–water partition coefficient (Wildman–Crippen LogP) is 4.41. The fraction of sp³-hybridized carbons (Fsp3) is 0.680. The van der Waals surface area contributed by atoms with Crippen LogP contribution in [0.2, 0.25) is 0 Å². The van der Waals surface area contributed by atoms with Crippen LogP contribution in [0.15, 0.2) is 24.3 Å². The first-order valence-corrected chi connectivity index (χ1v) is 12.0. The molecule has 164 valence electrons. The van der Waals surface area contributed by atoms with Crippen molar-refractivity contribution in [3.05, 3.63) is 35.4 Å². The zero-order valence-corrected chi connectivity index (χ0v) is 18.3. The number of benzene rings is 1. The summed E-state index contributed by atoms with van der Waals surface area (Å²) in [6.07, 6.45) is 10.5. The number of rotatable bonds is 7. The average Bonchev–Trinajstić information content (AvgIpc) is 3.28. The van der Waals surface area contributed by atoms with Gasteiger partial charge in [-0.1, -0.05) is 50.3 Å². The highest BCUT2D eigenvalue weighted by Gasteiger charge is 2.56. The molecule has 5 heteroatoms. The normalized spacial score (nSPS) is 23.6. The summed E-state index contributed by atoms with van der Waals surface area (Å²) in [6, 6.07) is 8.12. The number of hydrogen-bond donors (Lipinski definition) is 1. The molecule has 5 nitrogen and oxygen atoms in total. The van der Waals surface area contributed by atoms with Gasteiger partial charge < -0.3 is 15.0 Å². The van der Waals surface area contributed by atoms with Crippen LogP contribution in [0, 0.1) is 0 Å². The van der Waals surface area contributed by atoms with Crippen LogP contribution in [-0.4, -0.2) is 48.1 Å². The molecule has 2 amide bonds. The average molecular weight is 413 g/mol. The molecule has 1 atom stereocenters. The Bertz CT molecular complexity index is 751. The second-order valence-electron chi connectivity index (χ2n) is 9.14. The Morgan fingerprint density at radius 3 is 2.60 bits per heavy atom. The molecule has 1 spiro atoms. The molecule has 1 heterocycles. The Hall–Kier alpha value is -1.88. The molecule has 1 unspecified atom stereocenters. The molecule has 30 heavy (non-hydrogen) atoms. The van der Waals surface area contributed by atoms with Gasteiger partial charge >= 0.3 is 0 Å². The second kappa shape index (κ2) is 9.51. The highest BCUT2D eigenvalue weighted by atomic mass is 16.5. The first-order chi connectivity index (χ1) is 14.7. The minimum absolute atomic E-state index is 0.0799. The van der Waals surface area contributed by atoms with E-state index in [1.165, 1.54) is 19.3 Å². The molecule has 1 aromatic rings. The molecule has 2 saturated carbocycles. The maximum absolute atomic E-state index is 13.8. The van der Waals surface area contributed by atoms with E-state index in [0.29, 0.717) is 19.8 Å². The van der Waals surface area contributed by atoms with Crippen LogP contribution in [0.1, 0.15) is 93.0 Å². The summed E-state index contributed by atoms with van der Waals surface area (Å²) in [7, 11) is 0. The highest BCUT2D eigenvalue weighted by Crippen LogP contribution is 2.51. The van der Waals surface area contributed by atoms with Crippen molar-refractivity contribution in [2.45, 2.75) is 88.6 Å². The van der Waals surface area contributed by atoms with Crippen molar-refractivity contribution in [1.82, 2.24) is 10.2 Å². The van der Waals surface area contributed by atoms with Crippen molar-refractivity contribution in [2.24, 2.45) is 0 Å². The summed E-state index contributed by atoms with van der Waals surface area (Å²) >= 11 is 0. The number of carbonyl (C=O) groups excluding carboxylic acids is 2. The topological polar surface area (TPSA) is 58.6 Å². The van der Waals surface area contributed by atoms with E-state index in [2.05, 4.69) is 10.2 Å². The summed E-state index contributed by atoms with van der Waals surface area (Å²) in [5.74, 6) is -0.0458. The van der Waals surface area contributed by atoms with E-state index >= 15 is 0 Å². The van der Waals surface area contributed by atoms with Gasteiger partial charge in [0.15, 0.2) is 0 Å². The van der Waals surface area contributed by atoms with Gasteiger partial charge in [-0.15, -0.1) is 0 Å². The zero-order valence-electron chi connectivity index (χ0n) is 18.3. The van der Waals surface area contributed by atoms with Gasteiger partial charge in [0.05, 0.1) is 11.5 Å². The van der Waals surface area contributed by atoms with E-state index < -0.39 is 0 Å². The van der Waals surface area contributed by atoms with E-state index in [0.717, 1.165) is 56.1 Å². The molecule has 0 aromatic heterocycles.